The molecule has 0 spiro atoms. The number of rotatable bonds is 4. The van der Waals surface area contributed by atoms with Gasteiger partial charge in [0.15, 0.2) is 6.10 Å². The largest absolute Gasteiger partial charge is 0.455 e. The molecule has 7 heteroatoms. The van der Waals surface area contributed by atoms with Gasteiger partial charge < -0.3 is 4.74 Å². The zero-order chi connectivity index (χ0) is 13.9. The second-order valence-electron chi connectivity index (χ2n) is 3.79. The molecule has 2 atom stereocenters. The van der Waals surface area contributed by atoms with Gasteiger partial charge in [0, 0.05) is 12.5 Å². The Morgan fingerprint density at radius 2 is 1.94 bits per heavy atom. The molecule has 0 aromatic heterocycles. The minimum Gasteiger partial charge on any atom is -0.455 e. The van der Waals surface area contributed by atoms with Crippen molar-refractivity contribution in [2.24, 2.45) is 5.14 Å². The summed E-state index contributed by atoms with van der Waals surface area (Å²) < 4.78 is 41.0. The average Bonchev–Trinajstić information content (AvgIpc) is 2.24. The first-order valence-electron chi connectivity index (χ1n) is 5.16. The van der Waals surface area contributed by atoms with Gasteiger partial charge in [-0.25, -0.2) is 17.9 Å². The monoisotopic (exact) mass is 275 g/mol. The van der Waals surface area contributed by atoms with E-state index in [0.717, 1.165) is 6.92 Å². The van der Waals surface area contributed by atoms with Crippen LogP contribution in [-0.2, 0) is 19.6 Å². The number of carbonyl (C=O) groups excluding carboxylic acids is 1. The van der Waals surface area contributed by atoms with E-state index >= 15 is 0 Å². The van der Waals surface area contributed by atoms with E-state index in [0.29, 0.717) is 0 Å². The van der Waals surface area contributed by atoms with Crippen LogP contribution in [0.15, 0.2) is 29.2 Å². The van der Waals surface area contributed by atoms with Gasteiger partial charge in [0.1, 0.15) is 6.17 Å². The summed E-state index contributed by atoms with van der Waals surface area (Å²) in [5.74, 6) is -0.700. The van der Waals surface area contributed by atoms with Crippen LogP contribution in [0.1, 0.15) is 25.5 Å². The van der Waals surface area contributed by atoms with Crippen molar-refractivity contribution >= 4 is 16.0 Å². The van der Waals surface area contributed by atoms with E-state index in [1.807, 2.05) is 0 Å². The van der Waals surface area contributed by atoms with Crippen LogP contribution in [0.2, 0.25) is 0 Å². The molecular weight excluding hydrogens is 261 g/mol. The minimum atomic E-state index is -4.01. The minimum absolute atomic E-state index is 0.0326. The Morgan fingerprint density at radius 3 is 2.39 bits per heavy atom. The first kappa shape index (κ1) is 14.6. The van der Waals surface area contributed by atoms with Crippen molar-refractivity contribution in [2.75, 3.05) is 0 Å². The van der Waals surface area contributed by atoms with Gasteiger partial charge in [-0.15, -0.1) is 0 Å². The summed E-state index contributed by atoms with van der Waals surface area (Å²) in [7, 11) is -4.01. The highest BCUT2D eigenvalue weighted by Gasteiger charge is 2.27. The van der Waals surface area contributed by atoms with Crippen LogP contribution < -0.4 is 5.14 Å². The molecule has 18 heavy (non-hydrogen) atoms. The first-order valence-corrected chi connectivity index (χ1v) is 6.71. The number of alkyl halides is 1. The molecule has 1 aromatic carbocycles. The van der Waals surface area contributed by atoms with Crippen LogP contribution in [0, 0.1) is 0 Å². The van der Waals surface area contributed by atoms with Crippen molar-refractivity contribution in [1.82, 2.24) is 0 Å². The maximum absolute atomic E-state index is 13.5. The molecule has 2 N–H and O–H groups in total. The quantitative estimate of drug-likeness (QED) is 0.839. The third-order valence-corrected chi connectivity index (χ3v) is 3.23. The van der Waals surface area contributed by atoms with Gasteiger partial charge in [-0.3, -0.25) is 4.79 Å². The highest BCUT2D eigenvalue weighted by molar-refractivity contribution is 7.89. The fourth-order valence-corrected chi connectivity index (χ4v) is 2.34. The standard InChI is InChI=1S/C11H14FNO4S/c1-7(12)11(17-8(2)14)9-5-3-4-6-10(9)18(13,15)16/h3-7,11H,1-2H3,(H2,13,15,16). The Labute approximate surface area is 105 Å². The molecule has 0 saturated carbocycles. The highest BCUT2D eigenvalue weighted by atomic mass is 32.2. The molecule has 0 saturated heterocycles. The lowest BCUT2D eigenvalue weighted by Gasteiger charge is -2.20. The molecular formula is C11H14FNO4S. The van der Waals surface area contributed by atoms with Gasteiger partial charge >= 0.3 is 5.97 Å². The van der Waals surface area contributed by atoms with Gasteiger partial charge in [0.05, 0.1) is 4.90 Å². The van der Waals surface area contributed by atoms with Gasteiger partial charge in [0.25, 0.3) is 0 Å². The summed E-state index contributed by atoms with van der Waals surface area (Å²) in [5.41, 5.74) is 0.0326. The van der Waals surface area contributed by atoms with Crippen LogP contribution in [0.25, 0.3) is 0 Å². The molecule has 1 aromatic rings. The molecule has 0 heterocycles. The van der Waals surface area contributed by atoms with Crippen LogP contribution in [0.5, 0.6) is 0 Å². The third-order valence-electron chi connectivity index (χ3n) is 2.24. The number of benzene rings is 1. The molecule has 1 rings (SSSR count). The van der Waals surface area contributed by atoms with E-state index in [1.165, 1.54) is 31.2 Å². The number of hydrogen-bond acceptors (Lipinski definition) is 4. The number of sulfonamides is 1. The van der Waals surface area contributed by atoms with Crippen molar-refractivity contribution in [3.63, 3.8) is 0 Å². The molecule has 2 unspecified atom stereocenters. The lowest BCUT2D eigenvalue weighted by molar-refractivity contribution is -0.150. The van der Waals surface area contributed by atoms with Crippen molar-refractivity contribution in [3.8, 4) is 0 Å². The molecule has 0 aliphatic carbocycles. The zero-order valence-corrected chi connectivity index (χ0v) is 10.8. The average molecular weight is 275 g/mol. The summed E-state index contributed by atoms with van der Waals surface area (Å²) >= 11 is 0. The summed E-state index contributed by atoms with van der Waals surface area (Å²) in [6.45, 7) is 2.29. The molecule has 0 bridgehead atoms. The predicted octanol–water partition coefficient (Wildman–Crippen LogP) is 1.30. The SMILES string of the molecule is CC(=O)OC(c1ccccc1S(N)(=O)=O)C(C)F. The van der Waals surface area contributed by atoms with Crippen molar-refractivity contribution in [2.45, 2.75) is 31.0 Å². The number of ether oxygens (including phenoxy) is 1. The number of esters is 1. The number of halogens is 1. The lowest BCUT2D eigenvalue weighted by Crippen LogP contribution is -2.22. The maximum Gasteiger partial charge on any atom is 0.303 e. The maximum atomic E-state index is 13.5. The highest BCUT2D eigenvalue weighted by Crippen LogP contribution is 2.28. The van der Waals surface area contributed by atoms with E-state index in [4.69, 9.17) is 9.88 Å². The Balaban J connectivity index is 3.33. The van der Waals surface area contributed by atoms with Gasteiger partial charge in [-0.1, -0.05) is 18.2 Å². The van der Waals surface area contributed by atoms with E-state index in [1.54, 1.807) is 0 Å². The molecule has 100 valence electrons. The summed E-state index contributed by atoms with van der Waals surface area (Å²) in [4.78, 5) is 10.7. The third kappa shape index (κ3) is 3.51. The fraction of sp³-hybridized carbons (Fsp3) is 0.364. The van der Waals surface area contributed by atoms with Crippen molar-refractivity contribution in [1.29, 1.82) is 0 Å². The topological polar surface area (TPSA) is 86.5 Å². The smallest absolute Gasteiger partial charge is 0.303 e. The normalized spacial score (nSPS) is 14.9. The Morgan fingerprint density at radius 1 is 1.39 bits per heavy atom. The van der Waals surface area contributed by atoms with Gasteiger partial charge in [-0.05, 0) is 13.0 Å². The van der Waals surface area contributed by atoms with Crippen molar-refractivity contribution in [3.05, 3.63) is 29.8 Å². The predicted molar refractivity (Wildman–Crippen MR) is 62.9 cm³/mol. The number of nitrogens with two attached hydrogens (primary N) is 1. The summed E-state index contributed by atoms with van der Waals surface area (Å²) in [6.07, 6.45) is -2.85. The first-order chi connectivity index (χ1) is 8.23. The van der Waals surface area contributed by atoms with Crippen LogP contribution in [0.4, 0.5) is 4.39 Å². The lowest BCUT2D eigenvalue weighted by atomic mass is 10.1. The second-order valence-corrected chi connectivity index (χ2v) is 5.32. The van der Waals surface area contributed by atoms with Crippen molar-refractivity contribution < 1.29 is 22.3 Å². The molecule has 0 aliphatic heterocycles. The van der Waals surface area contributed by atoms with Crippen LogP contribution >= 0.6 is 0 Å². The Kier molecular flexibility index (Phi) is 4.42. The number of primary sulfonamides is 1. The van der Waals surface area contributed by atoms with E-state index in [-0.39, 0.29) is 10.5 Å². The Bertz CT molecular complexity index is 542. The molecule has 0 aliphatic rings. The van der Waals surface area contributed by atoms with Gasteiger partial charge in [-0.2, -0.15) is 0 Å². The van der Waals surface area contributed by atoms with E-state index in [9.17, 15) is 17.6 Å². The molecule has 0 radical (unpaired) electrons. The second kappa shape index (κ2) is 5.45. The van der Waals surface area contributed by atoms with Crippen LogP contribution in [0.3, 0.4) is 0 Å². The Hall–Kier alpha value is -1.47. The number of hydrogen-bond donors (Lipinski definition) is 1. The summed E-state index contributed by atoms with van der Waals surface area (Å²) in [5, 5.41) is 5.04. The van der Waals surface area contributed by atoms with E-state index < -0.39 is 28.3 Å². The summed E-state index contributed by atoms with van der Waals surface area (Å²) in [6, 6.07) is 5.58. The molecule has 5 nitrogen and oxygen atoms in total. The zero-order valence-electron chi connectivity index (χ0n) is 9.96. The number of carbonyl (C=O) groups is 1. The molecule has 0 fully saturated rings. The van der Waals surface area contributed by atoms with E-state index in [2.05, 4.69) is 0 Å². The fourth-order valence-electron chi connectivity index (χ4n) is 1.56. The van der Waals surface area contributed by atoms with Gasteiger partial charge in [0.2, 0.25) is 10.0 Å². The van der Waals surface area contributed by atoms with Crippen LogP contribution in [-0.4, -0.2) is 20.6 Å². The molecule has 0 amide bonds.